The van der Waals surface area contributed by atoms with Crippen LogP contribution in [0.15, 0.2) is 0 Å². The first-order valence-corrected chi connectivity index (χ1v) is 13.2. The first-order valence-electron chi connectivity index (χ1n) is 13.2. The van der Waals surface area contributed by atoms with E-state index in [1.165, 1.54) is 6.54 Å². The van der Waals surface area contributed by atoms with E-state index < -0.39 is 0 Å². The fourth-order valence-electron chi connectivity index (χ4n) is 2.04. The molecular formula is C27H64N4O2. The molecule has 0 saturated carbocycles. The average Bonchev–Trinajstić information content (AvgIpc) is 2.74. The molecular weight excluding hydrogens is 412 g/mol. The van der Waals surface area contributed by atoms with Gasteiger partial charge >= 0.3 is 0 Å². The molecule has 204 valence electrons. The predicted octanol–water partition coefficient (Wildman–Crippen LogP) is 5.43. The highest BCUT2D eigenvalue weighted by atomic mass is 16.2. The summed E-state index contributed by atoms with van der Waals surface area (Å²) in [5, 5.41) is 8.51. The highest BCUT2D eigenvalue weighted by Gasteiger charge is 2.02. The van der Waals surface area contributed by atoms with Crippen molar-refractivity contribution in [2.24, 2.45) is 23.7 Å². The molecule has 0 fully saturated rings. The van der Waals surface area contributed by atoms with Crippen LogP contribution in [0.3, 0.4) is 0 Å². The Hall–Kier alpha value is -1.14. The summed E-state index contributed by atoms with van der Waals surface area (Å²) in [4.78, 5) is 23.5. The molecule has 0 aromatic rings. The number of rotatable bonds is 10. The van der Waals surface area contributed by atoms with E-state index in [9.17, 15) is 9.59 Å². The number of carbonyl (C=O) groups excluding carboxylic acids is 2. The van der Waals surface area contributed by atoms with Crippen LogP contribution in [0.1, 0.15) is 96.4 Å². The minimum Gasteiger partial charge on any atom is -0.359 e. The fourth-order valence-corrected chi connectivity index (χ4v) is 2.04. The number of hydrogen-bond acceptors (Lipinski definition) is 4. The topological polar surface area (TPSA) is 73.5 Å². The van der Waals surface area contributed by atoms with Gasteiger partial charge in [-0.05, 0) is 51.4 Å². The van der Waals surface area contributed by atoms with E-state index in [0.717, 1.165) is 38.0 Å². The Morgan fingerprint density at radius 1 is 0.788 bits per heavy atom. The molecule has 0 aromatic carbocycles. The van der Waals surface area contributed by atoms with Crippen molar-refractivity contribution in [3.05, 3.63) is 0 Å². The maximum Gasteiger partial charge on any atom is 0.222 e. The monoisotopic (exact) mass is 477 g/mol. The van der Waals surface area contributed by atoms with Gasteiger partial charge in [0.15, 0.2) is 0 Å². The second kappa shape index (κ2) is 33.0. The highest BCUT2D eigenvalue weighted by molar-refractivity contribution is 5.77. The molecule has 0 aromatic heterocycles. The van der Waals surface area contributed by atoms with Crippen LogP contribution in [0.5, 0.6) is 0 Å². The van der Waals surface area contributed by atoms with Gasteiger partial charge in [0, 0.05) is 32.5 Å². The number of carbonyl (C=O) groups is 2. The summed E-state index contributed by atoms with van der Waals surface area (Å²) in [5.41, 5.74) is 0. The molecule has 0 aliphatic heterocycles. The summed E-state index contributed by atoms with van der Waals surface area (Å²) in [5.74, 6) is 2.44. The van der Waals surface area contributed by atoms with E-state index in [1.807, 2.05) is 48.5 Å². The molecule has 0 unspecified atom stereocenters. The SMILES string of the molecule is CC.CCN(C)CC(C)C.CCNC(=O)C(C)C.CCNCC(C)C.CNC(=O)CC(C)C. The maximum absolute atomic E-state index is 10.6. The predicted molar refractivity (Wildman–Crippen MR) is 150 cm³/mol. The summed E-state index contributed by atoms with van der Waals surface area (Å²) >= 11 is 0. The average molecular weight is 477 g/mol. The van der Waals surface area contributed by atoms with Crippen LogP contribution in [-0.4, -0.2) is 63.5 Å². The van der Waals surface area contributed by atoms with Gasteiger partial charge in [0.2, 0.25) is 11.8 Å². The summed E-state index contributed by atoms with van der Waals surface area (Å²) in [7, 11) is 3.81. The van der Waals surface area contributed by atoms with Gasteiger partial charge in [-0.1, -0.05) is 83.1 Å². The zero-order chi connectivity index (χ0) is 27.4. The van der Waals surface area contributed by atoms with Crippen molar-refractivity contribution in [1.29, 1.82) is 0 Å². The van der Waals surface area contributed by atoms with Crippen molar-refractivity contribution < 1.29 is 9.59 Å². The van der Waals surface area contributed by atoms with Crippen molar-refractivity contribution in [2.75, 3.05) is 46.8 Å². The number of nitrogens with one attached hydrogen (secondary N) is 3. The smallest absolute Gasteiger partial charge is 0.222 e. The Morgan fingerprint density at radius 2 is 1.27 bits per heavy atom. The normalized spacial score (nSPS) is 9.70. The molecule has 0 spiro atoms. The second-order valence-electron chi connectivity index (χ2n) is 9.27. The van der Waals surface area contributed by atoms with Gasteiger partial charge in [-0.2, -0.15) is 0 Å². The van der Waals surface area contributed by atoms with Gasteiger partial charge < -0.3 is 20.9 Å². The van der Waals surface area contributed by atoms with Gasteiger partial charge in [0.1, 0.15) is 0 Å². The van der Waals surface area contributed by atoms with Crippen molar-refractivity contribution in [1.82, 2.24) is 20.9 Å². The highest BCUT2D eigenvalue weighted by Crippen LogP contribution is 1.96. The lowest BCUT2D eigenvalue weighted by Gasteiger charge is -2.15. The molecule has 0 heterocycles. The molecule has 0 radical (unpaired) electrons. The first kappa shape index (κ1) is 42.1. The second-order valence-corrected chi connectivity index (χ2v) is 9.27. The Morgan fingerprint density at radius 3 is 1.39 bits per heavy atom. The van der Waals surface area contributed by atoms with E-state index in [0.29, 0.717) is 12.3 Å². The van der Waals surface area contributed by atoms with E-state index in [4.69, 9.17) is 0 Å². The molecule has 0 saturated heterocycles. The lowest BCUT2D eigenvalue weighted by molar-refractivity contribution is -0.124. The first-order chi connectivity index (χ1) is 15.3. The molecule has 0 aliphatic rings. The standard InChI is InChI=1S/C7H17N.2C6H13NO.C6H15N.C2H6/c1-5-8(4)6-7(2)3;1-5(2)4-6(8)7-3;1-4-7-6(8)5(2)3;1-4-7-5-6(2)3;1-2/h7H,5-6H2,1-4H3;2*5H,4H2,1-3H3,(H,7,8);6-7H,4-5H2,1-3H3;1-2H3. The van der Waals surface area contributed by atoms with Gasteiger partial charge in [0.25, 0.3) is 0 Å². The largest absolute Gasteiger partial charge is 0.359 e. The van der Waals surface area contributed by atoms with Crippen LogP contribution in [0.25, 0.3) is 0 Å². The molecule has 33 heavy (non-hydrogen) atoms. The molecule has 0 aliphatic carbocycles. The zero-order valence-corrected chi connectivity index (χ0v) is 25.3. The number of nitrogens with zero attached hydrogens (tertiary/aromatic N) is 1. The van der Waals surface area contributed by atoms with Crippen molar-refractivity contribution in [3.63, 3.8) is 0 Å². The van der Waals surface area contributed by atoms with E-state index >= 15 is 0 Å². The van der Waals surface area contributed by atoms with Crippen molar-refractivity contribution in [2.45, 2.75) is 96.4 Å². The molecule has 0 atom stereocenters. The van der Waals surface area contributed by atoms with Crippen LogP contribution >= 0.6 is 0 Å². The van der Waals surface area contributed by atoms with Crippen molar-refractivity contribution >= 4 is 11.8 Å². The van der Waals surface area contributed by atoms with Crippen LogP contribution < -0.4 is 16.0 Å². The van der Waals surface area contributed by atoms with Gasteiger partial charge in [-0.25, -0.2) is 0 Å². The van der Waals surface area contributed by atoms with Gasteiger partial charge in [-0.3, -0.25) is 9.59 Å². The summed E-state index contributed by atoms with van der Waals surface area (Å²) < 4.78 is 0. The minimum absolute atomic E-state index is 0.120. The maximum atomic E-state index is 10.6. The lowest BCUT2D eigenvalue weighted by atomic mass is 10.1. The number of amides is 2. The van der Waals surface area contributed by atoms with Crippen LogP contribution in [-0.2, 0) is 9.59 Å². The Labute approximate surface area is 209 Å². The quantitative estimate of drug-likeness (QED) is 0.393. The Balaban J connectivity index is -0.000000103. The molecule has 0 rings (SSSR count). The fraction of sp³-hybridized carbons (Fsp3) is 0.926. The third kappa shape index (κ3) is 53.8. The van der Waals surface area contributed by atoms with E-state index in [-0.39, 0.29) is 17.7 Å². The summed E-state index contributed by atoms with van der Waals surface area (Å²) in [6.45, 7) is 32.3. The van der Waals surface area contributed by atoms with Gasteiger partial charge in [0.05, 0.1) is 0 Å². The molecule has 2 amide bonds. The minimum atomic E-state index is 0.120. The third-order valence-electron chi connectivity index (χ3n) is 3.77. The Bertz CT molecular complexity index is 384. The summed E-state index contributed by atoms with van der Waals surface area (Å²) in [6, 6.07) is 0. The molecule has 3 N–H and O–H groups in total. The van der Waals surface area contributed by atoms with E-state index in [1.54, 1.807) is 7.05 Å². The van der Waals surface area contributed by atoms with Gasteiger partial charge in [-0.15, -0.1) is 0 Å². The zero-order valence-electron chi connectivity index (χ0n) is 25.3. The molecule has 0 bridgehead atoms. The molecule has 6 heteroatoms. The van der Waals surface area contributed by atoms with Crippen LogP contribution in [0, 0.1) is 23.7 Å². The lowest BCUT2D eigenvalue weighted by Crippen LogP contribution is -2.26. The van der Waals surface area contributed by atoms with Crippen LogP contribution in [0.4, 0.5) is 0 Å². The Kier molecular flexibility index (Phi) is 42.1. The van der Waals surface area contributed by atoms with Crippen molar-refractivity contribution in [3.8, 4) is 0 Å². The summed E-state index contributed by atoms with van der Waals surface area (Å²) in [6.07, 6.45) is 0.635. The third-order valence-corrected chi connectivity index (χ3v) is 3.77. The van der Waals surface area contributed by atoms with Crippen LogP contribution in [0.2, 0.25) is 0 Å². The molecule has 6 nitrogen and oxygen atoms in total. The van der Waals surface area contributed by atoms with E-state index in [2.05, 4.69) is 69.4 Å². The number of hydrogen-bond donors (Lipinski definition) is 3.